The molecule has 1 aliphatic rings. The minimum absolute atomic E-state index is 0.0119. The quantitative estimate of drug-likeness (QED) is 0.305. The van der Waals surface area contributed by atoms with Gasteiger partial charge in [-0.15, -0.1) is 0 Å². The standard InChI is InChI=1S/C29H26F3NO5/c1-5-13-37-28(36)24-17(4)33-16(3)23(26(35)18-9-11-19(12-10-18)29(30,31)32)25(24)21-8-6-7-20-22(34)14-15(2)38-27(20)21/h6-12,14,25,33H,5,13H2,1-4H3. The Morgan fingerprint density at radius 2 is 1.66 bits per heavy atom. The number of allylic oxidation sites excluding steroid dienone is 3. The van der Waals surface area contributed by atoms with Crippen LogP contribution < -0.4 is 10.7 Å². The molecule has 0 fully saturated rings. The second-order valence-electron chi connectivity index (χ2n) is 9.12. The molecule has 1 aromatic heterocycles. The zero-order valence-corrected chi connectivity index (χ0v) is 21.3. The van der Waals surface area contributed by atoms with Crippen LogP contribution in [-0.4, -0.2) is 18.4 Å². The number of halogens is 3. The molecular weight excluding hydrogens is 499 g/mol. The number of aryl methyl sites for hydroxylation is 1. The number of para-hydroxylation sites is 1. The minimum atomic E-state index is -4.56. The molecule has 3 aromatic rings. The van der Waals surface area contributed by atoms with E-state index in [1.165, 1.54) is 6.07 Å². The average Bonchev–Trinajstić information content (AvgIpc) is 2.85. The zero-order chi connectivity index (χ0) is 27.8. The third kappa shape index (κ3) is 5.01. The van der Waals surface area contributed by atoms with Gasteiger partial charge >= 0.3 is 12.1 Å². The summed E-state index contributed by atoms with van der Waals surface area (Å²) in [4.78, 5) is 39.9. The summed E-state index contributed by atoms with van der Waals surface area (Å²) >= 11 is 0. The molecule has 2 heterocycles. The van der Waals surface area contributed by atoms with E-state index in [2.05, 4.69) is 5.32 Å². The molecule has 0 saturated carbocycles. The first kappa shape index (κ1) is 26.9. The van der Waals surface area contributed by atoms with Gasteiger partial charge in [-0.1, -0.05) is 31.2 Å². The van der Waals surface area contributed by atoms with Gasteiger partial charge < -0.3 is 14.5 Å². The van der Waals surface area contributed by atoms with E-state index in [0.717, 1.165) is 24.3 Å². The highest BCUT2D eigenvalue weighted by Gasteiger charge is 2.39. The molecule has 4 rings (SSSR count). The van der Waals surface area contributed by atoms with Gasteiger partial charge in [0.15, 0.2) is 11.2 Å². The van der Waals surface area contributed by atoms with Gasteiger partial charge in [0, 0.05) is 34.2 Å². The summed E-state index contributed by atoms with van der Waals surface area (Å²) in [6.45, 7) is 6.93. The van der Waals surface area contributed by atoms with Gasteiger partial charge in [0.25, 0.3) is 0 Å². The third-order valence-electron chi connectivity index (χ3n) is 6.36. The number of carbonyl (C=O) groups is 2. The lowest BCUT2D eigenvalue weighted by molar-refractivity contribution is -0.139. The van der Waals surface area contributed by atoms with Gasteiger partial charge in [-0.3, -0.25) is 9.59 Å². The summed E-state index contributed by atoms with van der Waals surface area (Å²) in [6.07, 6.45) is -3.98. The molecule has 1 N–H and O–H groups in total. The van der Waals surface area contributed by atoms with Gasteiger partial charge in [0.05, 0.1) is 29.0 Å². The summed E-state index contributed by atoms with van der Waals surface area (Å²) in [5.74, 6) is -1.90. The van der Waals surface area contributed by atoms with Crippen LogP contribution in [0.1, 0.15) is 60.4 Å². The molecule has 0 amide bonds. The molecule has 0 aliphatic carbocycles. The van der Waals surface area contributed by atoms with Crippen molar-refractivity contribution in [2.45, 2.75) is 46.2 Å². The lowest BCUT2D eigenvalue weighted by Crippen LogP contribution is -2.32. The number of dihydropyridines is 1. The topological polar surface area (TPSA) is 85.6 Å². The maximum Gasteiger partial charge on any atom is 0.416 e. The monoisotopic (exact) mass is 525 g/mol. The number of ketones is 1. The van der Waals surface area contributed by atoms with Crippen molar-refractivity contribution in [1.82, 2.24) is 5.32 Å². The maximum atomic E-state index is 13.9. The second kappa shape index (κ2) is 10.3. The van der Waals surface area contributed by atoms with E-state index in [1.54, 1.807) is 39.0 Å². The molecule has 0 radical (unpaired) electrons. The van der Waals surface area contributed by atoms with Crippen LogP contribution in [0.5, 0.6) is 0 Å². The Balaban J connectivity index is 1.95. The van der Waals surface area contributed by atoms with Crippen molar-refractivity contribution >= 4 is 22.7 Å². The van der Waals surface area contributed by atoms with Crippen molar-refractivity contribution in [3.05, 3.63) is 104 Å². The Kier molecular flexibility index (Phi) is 7.31. The number of hydrogen-bond acceptors (Lipinski definition) is 6. The van der Waals surface area contributed by atoms with E-state index in [4.69, 9.17) is 9.15 Å². The Morgan fingerprint density at radius 1 is 1.00 bits per heavy atom. The van der Waals surface area contributed by atoms with Gasteiger partial charge in [-0.05, 0) is 45.4 Å². The number of alkyl halides is 3. The van der Waals surface area contributed by atoms with Crippen molar-refractivity contribution in [3.63, 3.8) is 0 Å². The van der Waals surface area contributed by atoms with Gasteiger partial charge in [-0.2, -0.15) is 13.2 Å². The van der Waals surface area contributed by atoms with E-state index in [-0.39, 0.29) is 39.7 Å². The van der Waals surface area contributed by atoms with E-state index in [0.29, 0.717) is 29.1 Å². The van der Waals surface area contributed by atoms with Crippen molar-refractivity contribution in [2.75, 3.05) is 6.61 Å². The number of esters is 1. The summed E-state index contributed by atoms with van der Waals surface area (Å²) in [7, 11) is 0. The molecule has 0 spiro atoms. The minimum Gasteiger partial charge on any atom is -0.462 e. The number of Topliss-reactive ketones (excluding diaryl/α,β-unsaturated/α-hetero) is 1. The lowest BCUT2D eigenvalue weighted by atomic mass is 9.77. The highest BCUT2D eigenvalue weighted by atomic mass is 19.4. The van der Waals surface area contributed by atoms with Crippen LogP contribution in [0.4, 0.5) is 13.2 Å². The van der Waals surface area contributed by atoms with Crippen LogP contribution in [0.25, 0.3) is 11.0 Å². The fourth-order valence-electron chi connectivity index (χ4n) is 4.66. The zero-order valence-electron chi connectivity index (χ0n) is 21.3. The Labute approximate surface area is 216 Å². The molecule has 6 nitrogen and oxygen atoms in total. The Hall–Kier alpha value is -4.14. The number of rotatable bonds is 6. The maximum absolute atomic E-state index is 13.9. The van der Waals surface area contributed by atoms with E-state index in [1.807, 2.05) is 6.92 Å². The van der Waals surface area contributed by atoms with E-state index in [9.17, 15) is 27.6 Å². The molecule has 0 bridgehead atoms. The molecule has 1 unspecified atom stereocenters. The first-order valence-electron chi connectivity index (χ1n) is 12.0. The Bertz CT molecular complexity index is 1550. The Morgan fingerprint density at radius 3 is 2.29 bits per heavy atom. The largest absolute Gasteiger partial charge is 0.462 e. The van der Waals surface area contributed by atoms with Crippen LogP contribution in [0.15, 0.2) is 80.3 Å². The molecule has 9 heteroatoms. The highest BCUT2D eigenvalue weighted by Crippen LogP contribution is 2.42. The number of hydrogen-bond donors (Lipinski definition) is 1. The smallest absolute Gasteiger partial charge is 0.416 e. The van der Waals surface area contributed by atoms with Gasteiger partial charge in [-0.25, -0.2) is 4.79 Å². The number of nitrogens with one attached hydrogen (secondary N) is 1. The van der Waals surface area contributed by atoms with Gasteiger partial charge in [0.1, 0.15) is 11.3 Å². The fraction of sp³-hybridized carbons (Fsp3) is 0.276. The van der Waals surface area contributed by atoms with Crippen LogP contribution in [0.3, 0.4) is 0 Å². The average molecular weight is 526 g/mol. The first-order chi connectivity index (χ1) is 17.9. The number of ether oxygens (including phenoxy) is 1. The summed E-state index contributed by atoms with van der Waals surface area (Å²) in [6, 6.07) is 10.1. The van der Waals surface area contributed by atoms with E-state index >= 15 is 0 Å². The second-order valence-corrected chi connectivity index (χ2v) is 9.12. The van der Waals surface area contributed by atoms with Crippen molar-refractivity contribution in [3.8, 4) is 0 Å². The number of benzene rings is 2. The SMILES string of the molecule is CCCOC(=O)C1=C(C)NC(C)=C(C(=O)c2ccc(C(F)(F)F)cc2)C1c1cccc2c(=O)cc(C)oc12. The molecule has 38 heavy (non-hydrogen) atoms. The van der Waals surface area contributed by atoms with Crippen molar-refractivity contribution < 1.29 is 31.9 Å². The summed E-state index contributed by atoms with van der Waals surface area (Å²) < 4.78 is 50.8. The number of fused-ring (bicyclic) bond motifs is 1. The summed E-state index contributed by atoms with van der Waals surface area (Å²) in [5.41, 5.74) is 0.589. The van der Waals surface area contributed by atoms with Gasteiger partial charge in [0.2, 0.25) is 0 Å². The third-order valence-corrected chi connectivity index (χ3v) is 6.36. The van der Waals surface area contributed by atoms with Crippen LogP contribution in [0.2, 0.25) is 0 Å². The molecule has 2 aromatic carbocycles. The molecule has 0 saturated heterocycles. The lowest BCUT2D eigenvalue weighted by Gasteiger charge is -2.31. The molecule has 1 atom stereocenters. The van der Waals surface area contributed by atoms with E-state index < -0.39 is 29.4 Å². The molecule has 198 valence electrons. The van der Waals surface area contributed by atoms with Crippen molar-refractivity contribution in [1.29, 1.82) is 0 Å². The highest BCUT2D eigenvalue weighted by molar-refractivity contribution is 6.13. The normalized spacial score (nSPS) is 16.0. The summed E-state index contributed by atoms with van der Waals surface area (Å²) in [5, 5.41) is 3.33. The fourth-order valence-corrected chi connectivity index (χ4v) is 4.66. The van der Waals surface area contributed by atoms with Crippen LogP contribution in [0, 0.1) is 6.92 Å². The molecular formula is C29H26F3NO5. The number of carbonyl (C=O) groups excluding carboxylic acids is 2. The van der Waals surface area contributed by atoms with Crippen molar-refractivity contribution in [2.24, 2.45) is 0 Å². The first-order valence-corrected chi connectivity index (χ1v) is 12.0. The van der Waals surface area contributed by atoms with Crippen LogP contribution in [-0.2, 0) is 15.7 Å². The van der Waals surface area contributed by atoms with Crippen LogP contribution >= 0.6 is 0 Å². The predicted octanol–water partition coefficient (Wildman–Crippen LogP) is 6.19. The molecule has 1 aliphatic heterocycles. The predicted molar refractivity (Wildman–Crippen MR) is 136 cm³/mol.